The van der Waals surface area contributed by atoms with E-state index in [1.165, 1.54) is 11.8 Å². The van der Waals surface area contributed by atoms with Gasteiger partial charge in [0.25, 0.3) is 0 Å². The van der Waals surface area contributed by atoms with E-state index in [1.807, 2.05) is 36.4 Å². The van der Waals surface area contributed by atoms with Crippen LogP contribution in [0.25, 0.3) is 10.2 Å². The number of fused-ring (bicyclic) bond motifs is 1. The first-order valence-electron chi connectivity index (χ1n) is 6.86. The number of carbonyl (C=O) groups is 1. The second-order valence-electron chi connectivity index (χ2n) is 4.48. The first-order chi connectivity index (χ1) is 10.8. The van der Waals surface area contributed by atoms with Gasteiger partial charge in [0.2, 0.25) is 0 Å². The van der Waals surface area contributed by atoms with Crippen LogP contribution in [0.4, 0.5) is 0 Å². The summed E-state index contributed by atoms with van der Waals surface area (Å²) in [7, 11) is 0. The molecule has 0 fully saturated rings. The van der Waals surface area contributed by atoms with Gasteiger partial charge in [-0.2, -0.15) is 0 Å². The molecule has 0 saturated carbocycles. The highest BCUT2D eigenvalue weighted by Gasteiger charge is 2.25. The van der Waals surface area contributed by atoms with E-state index in [-0.39, 0.29) is 5.97 Å². The largest absolute Gasteiger partial charge is 0.465 e. The molecule has 0 aliphatic carbocycles. The Morgan fingerprint density at radius 1 is 1.32 bits per heavy atom. The molecule has 112 valence electrons. The van der Waals surface area contributed by atoms with Crippen molar-refractivity contribution in [3.63, 3.8) is 0 Å². The van der Waals surface area contributed by atoms with E-state index >= 15 is 0 Å². The number of aromatic nitrogens is 2. The summed E-state index contributed by atoms with van der Waals surface area (Å²) in [4.78, 5) is 20.9. The molecule has 0 amide bonds. The Morgan fingerprint density at radius 2 is 2.18 bits per heavy atom. The van der Waals surface area contributed by atoms with Crippen LogP contribution in [-0.4, -0.2) is 22.5 Å². The first-order valence-corrected chi connectivity index (χ1v) is 8.56. The van der Waals surface area contributed by atoms with Crippen LogP contribution < -0.4 is 0 Å². The molecule has 22 heavy (non-hydrogen) atoms. The molecule has 2 aromatic heterocycles. The summed E-state index contributed by atoms with van der Waals surface area (Å²) in [6.07, 6.45) is 3.38. The zero-order chi connectivity index (χ0) is 15.4. The standard InChI is InChI=1S/C16H14N2O2S2/c1-2-20-15(19)14(11-6-5-9-17-10-11)22-16-18-12-7-3-4-8-13(12)21-16/h3-10,14H,2H2,1H3. The van der Waals surface area contributed by atoms with Gasteiger partial charge in [0.05, 0.1) is 16.8 Å². The summed E-state index contributed by atoms with van der Waals surface area (Å²) < 4.78 is 7.15. The molecular formula is C16H14N2O2S2. The Bertz CT molecular complexity index is 741. The molecule has 0 spiro atoms. The van der Waals surface area contributed by atoms with Crippen LogP contribution in [0.15, 0.2) is 53.1 Å². The van der Waals surface area contributed by atoms with E-state index < -0.39 is 5.25 Å². The van der Waals surface area contributed by atoms with Crippen LogP contribution in [0.3, 0.4) is 0 Å². The minimum atomic E-state index is -0.450. The van der Waals surface area contributed by atoms with E-state index in [1.54, 1.807) is 30.7 Å². The summed E-state index contributed by atoms with van der Waals surface area (Å²) in [6.45, 7) is 2.16. The quantitative estimate of drug-likeness (QED) is 0.521. The van der Waals surface area contributed by atoms with Crippen molar-refractivity contribution in [3.8, 4) is 0 Å². The smallest absolute Gasteiger partial charge is 0.324 e. The Hall–Kier alpha value is -1.92. The maximum absolute atomic E-state index is 12.3. The molecule has 0 N–H and O–H groups in total. The molecule has 1 atom stereocenters. The summed E-state index contributed by atoms with van der Waals surface area (Å²) in [6, 6.07) is 11.6. The van der Waals surface area contributed by atoms with Crippen molar-refractivity contribution in [2.24, 2.45) is 0 Å². The van der Waals surface area contributed by atoms with Crippen LogP contribution >= 0.6 is 23.1 Å². The maximum Gasteiger partial charge on any atom is 0.324 e. The zero-order valence-corrected chi connectivity index (χ0v) is 13.6. The second kappa shape index (κ2) is 6.89. The third kappa shape index (κ3) is 3.28. The van der Waals surface area contributed by atoms with Gasteiger partial charge in [0.15, 0.2) is 4.34 Å². The lowest BCUT2D eigenvalue weighted by Crippen LogP contribution is -2.13. The van der Waals surface area contributed by atoms with Crippen LogP contribution in [0.2, 0.25) is 0 Å². The molecule has 0 aliphatic heterocycles. The van der Waals surface area contributed by atoms with Crippen molar-refractivity contribution >= 4 is 39.3 Å². The zero-order valence-electron chi connectivity index (χ0n) is 11.9. The Kier molecular flexibility index (Phi) is 4.70. The van der Waals surface area contributed by atoms with Crippen molar-refractivity contribution < 1.29 is 9.53 Å². The number of carbonyl (C=O) groups excluding carboxylic acids is 1. The highest BCUT2D eigenvalue weighted by molar-refractivity contribution is 8.02. The number of para-hydroxylation sites is 1. The van der Waals surface area contributed by atoms with E-state index in [2.05, 4.69) is 9.97 Å². The van der Waals surface area contributed by atoms with Gasteiger partial charge >= 0.3 is 5.97 Å². The molecule has 1 aromatic carbocycles. The molecule has 6 heteroatoms. The molecule has 4 nitrogen and oxygen atoms in total. The fourth-order valence-electron chi connectivity index (χ4n) is 2.00. The van der Waals surface area contributed by atoms with Crippen LogP contribution in [0.5, 0.6) is 0 Å². The lowest BCUT2D eigenvalue weighted by atomic mass is 10.2. The predicted molar refractivity (Wildman–Crippen MR) is 89.1 cm³/mol. The van der Waals surface area contributed by atoms with Crippen LogP contribution in [-0.2, 0) is 9.53 Å². The normalized spacial score (nSPS) is 12.2. The average Bonchev–Trinajstić information content (AvgIpc) is 2.96. The number of thioether (sulfide) groups is 1. The number of thiazole rings is 1. The monoisotopic (exact) mass is 330 g/mol. The maximum atomic E-state index is 12.3. The third-order valence-corrected chi connectivity index (χ3v) is 5.34. The Balaban J connectivity index is 1.90. The number of esters is 1. The van der Waals surface area contributed by atoms with E-state index in [9.17, 15) is 4.79 Å². The number of nitrogens with zero attached hydrogens (tertiary/aromatic N) is 2. The highest BCUT2D eigenvalue weighted by atomic mass is 32.2. The van der Waals surface area contributed by atoms with Crippen LogP contribution in [0, 0.1) is 0 Å². The molecule has 0 bridgehead atoms. The first kappa shape index (κ1) is 15.0. The molecule has 3 rings (SSSR count). The molecule has 0 saturated heterocycles. The molecule has 0 radical (unpaired) electrons. The second-order valence-corrected chi connectivity index (χ2v) is 6.87. The van der Waals surface area contributed by atoms with Gasteiger partial charge in [0.1, 0.15) is 5.25 Å². The molecule has 3 aromatic rings. The summed E-state index contributed by atoms with van der Waals surface area (Å²) >= 11 is 2.99. The number of ether oxygens (including phenoxy) is 1. The van der Waals surface area contributed by atoms with Crippen molar-refractivity contribution in [2.75, 3.05) is 6.61 Å². The average molecular weight is 330 g/mol. The van der Waals surface area contributed by atoms with E-state index in [0.717, 1.165) is 20.1 Å². The minimum Gasteiger partial charge on any atom is -0.465 e. The van der Waals surface area contributed by atoms with Gasteiger partial charge in [-0.3, -0.25) is 9.78 Å². The van der Waals surface area contributed by atoms with Crippen molar-refractivity contribution in [1.82, 2.24) is 9.97 Å². The number of hydrogen-bond acceptors (Lipinski definition) is 6. The van der Waals surface area contributed by atoms with Crippen LogP contribution in [0.1, 0.15) is 17.7 Å². The van der Waals surface area contributed by atoms with Gasteiger partial charge in [-0.25, -0.2) is 4.98 Å². The Labute approximate surface area is 136 Å². The Morgan fingerprint density at radius 3 is 2.91 bits per heavy atom. The van der Waals surface area contributed by atoms with Crippen molar-refractivity contribution in [2.45, 2.75) is 16.5 Å². The third-order valence-electron chi connectivity index (χ3n) is 2.98. The molecule has 1 unspecified atom stereocenters. The number of pyridine rings is 1. The summed E-state index contributed by atoms with van der Waals surface area (Å²) in [5.74, 6) is -0.264. The fourth-order valence-corrected chi connectivity index (χ4v) is 4.24. The van der Waals surface area contributed by atoms with E-state index in [0.29, 0.717) is 6.61 Å². The van der Waals surface area contributed by atoms with Crippen molar-refractivity contribution in [1.29, 1.82) is 0 Å². The van der Waals surface area contributed by atoms with Crippen molar-refractivity contribution in [3.05, 3.63) is 54.4 Å². The van der Waals surface area contributed by atoms with Gasteiger partial charge in [-0.15, -0.1) is 11.3 Å². The SMILES string of the molecule is CCOC(=O)C(Sc1nc2ccccc2s1)c1cccnc1. The molecule has 0 aliphatic rings. The lowest BCUT2D eigenvalue weighted by molar-refractivity contribution is -0.142. The summed E-state index contributed by atoms with van der Waals surface area (Å²) in [5.41, 5.74) is 1.77. The van der Waals surface area contributed by atoms with Gasteiger partial charge < -0.3 is 4.74 Å². The fraction of sp³-hybridized carbons (Fsp3) is 0.188. The van der Waals surface area contributed by atoms with Gasteiger partial charge in [-0.05, 0) is 30.7 Å². The number of benzene rings is 1. The number of hydrogen-bond donors (Lipinski definition) is 0. The lowest BCUT2D eigenvalue weighted by Gasteiger charge is -2.13. The van der Waals surface area contributed by atoms with E-state index in [4.69, 9.17) is 4.74 Å². The number of rotatable bonds is 5. The predicted octanol–water partition coefficient (Wildman–Crippen LogP) is 4.09. The minimum absolute atomic E-state index is 0.264. The molecular weight excluding hydrogens is 316 g/mol. The molecule has 2 heterocycles. The van der Waals surface area contributed by atoms with Gasteiger partial charge in [-0.1, -0.05) is 30.0 Å². The topological polar surface area (TPSA) is 52.1 Å². The highest BCUT2D eigenvalue weighted by Crippen LogP contribution is 2.39. The van der Waals surface area contributed by atoms with Gasteiger partial charge in [0, 0.05) is 12.4 Å². The summed E-state index contributed by atoms with van der Waals surface area (Å²) in [5, 5.41) is -0.450.